The van der Waals surface area contributed by atoms with Crippen LogP contribution in [0.15, 0.2) is 0 Å². The number of rotatable bonds is 7. The summed E-state index contributed by atoms with van der Waals surface area (Å²) in [5.41, 5.74) is -0.385. The summed E-state index contributed by atoms with van der Waals surface area (Å²) < 4.78 is 5.06. The number of urea groups is 1. The van der Waals surface area contributed by atoms with Crippen LogP contribution in [0.5, 0.6) is 0 Å². The molecule has 0 aromatic carbocycles. The lowest BCUT2D eigenvalue weighted by Crippen LogP contribution is -2.52. The fourth-order valence-electron chi connectivity index (χ4n) is 2.11. The number of amides is 2. The lowest BCUT2D eigenvalue weighted by atomic mass is 9.87. The summed E-state index contributed by atoms with van der Waals surface area (Å²) in [6.45, 7) is 6.61. The van der Waals surface area contributed by atoms with Crippen LogP contribution < -0.4 is 10.6 Å². The smallest absolute Gasteiger partial charge is 0.326 e. The lowest BCUT2D eigenvalue weighted by molar-refractivity contribution is -0.141. The number of carboxylic acid groups (broad SMARTS) is 1. The SMILES string of the molecule is COCCC1(CNC(=O)N[C@H](C(=O)O)C(C)(C)C)CC1. The van der Waals surface area contributed by atoms with E-state index in [2.05, 4.69) is 10.6 Å². The van der Waals surface area contributed by atoms with Gasteiger partial charge in [0.25, 0.3) is 0 Å². The summed E-state index contributed by atoms with van der Waals surface area (Å²) in [6, 6.07) is -1.33. The molecule has 2 amide bonds. The highest BCUT2D eigenvalue weighted by atomic mass is 16.5. The Bertz CT molecular complexity index is 359. The lowest BCUT2D eigenvalue weighted by Gasteiger charge is -2.28. The summed E-state index contributed by atoms with van der Waals surface area (Å²) in [5, 5.41) is 14.5. The Hall–Kier alpha value is -1.30. The molecule has 1 atom stereocenters. The molecule has 20 heavy (non-hydrogen) atoms. The average molecular weight is 286 g/mol. The first-order chi connectivity index (χ1) is 9.20. The third kappa shape index (κ3) is 5.00. The van der Waals surface area contributed by atoms with Gasteiger partial charge in [0.2, 0.25) is 0 Å². The zero-order valence-corrected chi connectivity index (χ0v) is 12.8. The molecule has 1 saturated carbocycles. The topological polar surface area (TPSA) is 87.7 Å². The summed E-state index contributed by atoms with van der Waals surface area (Å²) in [4.78, 5) is 23.0. The van der Waals surface area contributed by atoms with Crippen molar-refractivity contribution in [1.82, 2.24) is 10.6 Å². The van der Waals surface area contributed by atoms with Crippen molar-refractivity contribution in [3.8, 4) is 0 Å². The zero-order valence-electron chi connectivity index (χ0n) is 12.8. The van der Waals surface area contributed by atoms with Crippen LogP contribution in [0.2, 0.25) is 0 Å². The number of carbonyl (C=O) groups excluding carboxylic acids is 1. The number of carboxylic acids is 1. The quantitative estimate of drug-likeness (QED) is 0.663. The van der Waals surface area contributed by atoms with Crippen molar-refractivity contribution in [2.75, 3.05) is 20.3 Å². The Morgan fingerprint density at radius 3 is 2.35 bits per heavy atom. The monoisotopic (exact) mass is 286 g/mol. The van der Waals surface area contributed by atoms with Gasteiger partial charge in [-0.1, -0.05) is 20.8 Å². The van der Waals surface area contributed by atoms with Crippen LogP contribution in [0.3, 0.4) is 0 Å². The van der Waals surface area contributed by atoms with E-state index in [0.29, 0.717) is 13.2 Å². The molecule has 0 bridgehead atoms. The third-order valence-electron chi connectivity index (χ3n) is 3.81. The molecule has 6 nitrogen and oxygen atoms in total. The Kier molecular flexibility index (Phi) is 5.39. The minimum atomic E-state index is -1.02. The Morgan fingerprint density at radius 1 is 1.35 bits per heavy atom. The van der Waals surface area contributed by atoms with Gasteiger partial charge in [-0.2, -0.15) is 0 Å². The Labute approximate surface area is 120 Å². The number of ether oxygens (including phenoxy) is 1. The van der Waals surface area contributed by atoms with Crippen molar-refractivity contribution in [1.29, 1.82) is 0 Å². The standard InChI is InChI=1S/C14H26N2O4/c1-13(2,3)10(11(17)18)16-12(19)15-9-14(5-6-14)7-8-20-4/h10H,5-9H2,1-4H3,(H,17,18)(H2,15,16,19)/t10-/m1/s1. The van der Waals surface area contributed by atoms with Gasteiger partial charge in [0.15, 0.2) is 0 Å². The van der Waals surface area contributed by atoms with E-state index in [4.69, 9.17) is 9.84 Å². The molecule has 0 aromatic rings. The Balaban J connectivity index is 2.41. The van der Waals surface area contributed by atoms with Crippen LogP contribution in [-0.4, -0.2) is 43.4 Å². The molecule has 0 aliphatic heterocycles. The second-order valence-corrected chi connectivity index (χ2v) is 6.71. The van der Waals surface area contributed by atoms with E-state index >= 15 is 0 Å². The van der Waals surface area contributed by atoms with Gasteiger partial charge in [-0.3, -0.25) is 0 Å². The predicted molar refractivity (Wildman–Crippen MR) is 75.6 cm³/mol. The summed E-state index contributed by atoms with van der Waals surface area (Å²) in [6.07, 6.45) is 3.09. The third-order valence-corrected chi connectivity index (χ3v) is 3.81. The van der Waals surface area contributed by atoms with Gasteiger partial charge in [0.1, 0.15) is 6.04 Å². The molecule has 3 N–H and O–H groups in total. The van der Waals surface area contributed by atoms with Crippen LogP contribution >= 0.6 is 0 Å². The first kappa shape index (κ1) is 16.8. The summed E-state index contributed by atoms with van der Waals surface area (Å²) >= 11 is 0. The van der Waals surface area contributed by atoms with Gasteiger partial charge >= 0.3 is 12.0 Å². The molecule has 1 aliphatic carbocycles. The van der Waals surface area contributed by atoms with Gasteiger partial charge in [-0.25, -0.2) is 9.59 Å². The molecular weight excluding hydrogens is 260 g/mol. The molecule has 0 radical (unpaired) electrons. The second kappa shape index (κ2) is 6.43. The Morgan fingerprint density at radius 2 is 1.95 bits per heavy atom. The average Bonchev–Trinajstić information content (AvgIpc) is 3.10. The molecule has 0 saturated heterocycles. The van der Waals surface area contributed by atoms with Gasteiger partial charge in [-0.05, 0) is 30.1 Å². The zero-order chi connectivity index (χ0) is 15.4. The molecule has 0 heterocycles. The molecule has 1 fully saturated rings. The van der Waals surface area contributed by atoms with Crippen LogP contribution in [0.4, 0.5) is 4.79 Å². The number of aliphatic carboxylic acids is 1. The van der Waals surface area contributed by atoms with Crippen molar-refractivity contribution < 1.29 is 19.4 Å². The van der Waals surface area contributed by atoms with E-state index in [9.17, 15) is 9.59 Å². The minimum Gasteiger partial charge on any atom is -0.480 e. The first-order valence-corrected chi connectivity index (χ1v) is 6.96. The molecule has 6 heteroatoms. The van der Waals surface area contributed by atoms with E-state index in [1.807, 2.05) is 0 Å². The number of hydrogen-bond acceptors (Lipinski definition) is 3. The number of nitrogens with one attached hydrogen (secondary N) is 2. The maximum absolute atomic E-state index is 11.8. The van der Waals surface area contributed by atoms with E-state index in [-0.39, 0.29) is 5.41 Å². The van der Waals surface area contributed by atoms with Crippen molar-refractivity contribution >= 4 is 12.0 Å². The predicted octanol–water partition coefficient (Wildman–Crippen LogP) is 1.60. The molecule has 0 aromatic heterocycles. The number of hydrogen-bond donors (Lipinski definition) is 3. The highest BCUT2D eigenvalue weighted by Gasteiger charge is 2.42. The number of carbonyl (C=O) groups is 2. The van der Waals surface area contributed by atoms with Crippen LogP contribution in [0, 0.1) is 10.8 Å². The van der Waals surface area contributed by atoms with E-state index in [1.165, 1.54) is 0 Å². The van der Waals surface area contributed by atoms with Crippen molar-refractivity contribution in [2.45, 2.75) is 46.1 Å². The fraction of sp³-hybridized carbons (Fsp3) is 0.857. The molecule has 1 aliphatic rings. The van der Waals surface area contributed by atoms with Crippen LogP contribution in [0.25, 0.3) is 0 Å². The molecular formula is C14H26N2O4. The summed E-state index contributed by atoms with van der Waals surface area (Å²) in [5.74, 6) is -1.02. The fourth-order valence-corrected chi connectivity index (χ4v) is 2.11. The first-order valence-electron chi connectivity index (χ1n) is 6.96. The van der Waals surface area contributed by atoms with Crippen molar-refractivity contribution in [2.24, 2.45) is 10.8 Å². The molecule has 1 rings (SSSR count). The highest BCUT2D eigenvalue weighted by Crippen LogP contribution is 2.48. The maximum atomic E-state index is 11.8. The summed E-state index contributed by atoms with van der Waals surface area (Å²) in [7, 11) is 1.66. The van der Waals surface area contributed by atoms with Gasteiger partial charge in [0.05, 0.1) is 0 Å². The van der Waals surface area contributed by atoms with E-state index in [1.54, 1.807) is 27.9 Å². The van der Waals surface area contributed by atoms with Crippen LogP contribution in [0.1, 0.15) is 40.0 Å². The van der Waals surface area contributed by atoms with Crippen molar-refractivity contribution in [3.05, 3.63) is 0 Å². The maximum Gasteiger partial charge on any atom is 0.326 e. The molecule has 116 valence electrons. The number of methoxy groups -OCH3 is 1. The van der Waals surface area contributed by atoms with E-state index < -0.39 is 23.5 Å². The van der Waals surface area contributed by atoms with Crippen molar-refractivity contribution in [3.63, 3.8) is 0 Å². The molecule has 0 spiro atoms. The minimum absolute atomic E-state index is 0.147. The normalized spacial score (nSPS) is 18.2. The molecule has 0 unspecified atom stereocenters. The highest BCUT2D eigenvalue weighted by molar-refractivity contribution is 5.83. The largest absolute Gasteiger partial charge is 0.480 e. The van der Waals surface area contributed by atoms with E-state index in [0.717, 1.165) is 19.3 Å². The van der Waals surface area contributed by atoms with Gasteiger partial charge in [-0.15, -0.1) is 0 Å². The van der Waals surface area contributed by atoms with Gasteiger partial charge < -0.3 is 20.5 Å². The second-order valence-electron chi connectivity index (χ2n) is 6.71. The van der Waals surface area contributed by atoms with Gasteiger partial charge in [0, 0.05) is 20.3 Å². The van der Waals surface area contributed by atoms with Crippen LogP contribution in [-0.2, 0) is 9.53 Å².